The number of hydrogen-bond acceptors (Lipinski definition) is 6. The van der Waals surface area contributed by atoms with Gasteiger partial charge in [0.1, 0.15) is 5.75 Å². The van der Waals surface area contributed by atoms with Gasteiger partial charge in [0.2, 0.25) is 11.8 Å². The van der Waals surface area contributed by atoms with Gasteiger partial charge >= 0.3 is 0 Å². The monoisotopic (exact) mass is 383 g/mol. The Bertz CT molecular complexity index is 907. The van der Waals surface area contributed by atoms with E-state index >= 15 is 0 Å². The van der Waals surface area contributed by atoms with Crippen LogP contribution in [0.3, 0.4) is 0 Å². The van der Waals surface area contributed by atoms with Crippen LogP contribution >= 0.6 is 11.3 Å². The number of piperidine rings is 1. The van der Waals surface area contributed by atoms with Gasteiger partial charge in [0.25, 0.3) is 5.91 Å². The van der Waals surface area contributed by atoms with Crippen molar-refractivity contribution in [2.75, 3.05) is 19.7 Å². The summed E-state index contributed by atoms with van der Waals surface area (Å²) >= 11 is 1.59. The first-order valence-corrected chi connectivity index (χ1v) is 9.97. The predicted octanol–water partition coefficient (Wildman–Crippen LogP) is 3.89. The number of hydrogen-bond donors (Lipinski definition) is 0. The third-order valence-corrected chi connectivity index (χ3v) is 5.46. The molecule has 0 spiro atoms. The number of rotatable bonds is 5. The first-order chi connectivity index (χ1) is 13.2. The molecular formula is C20H21N3O3S. The lowest BCUT2D eigenvalue weighted by Crippen LogP contribution is -2.41. The maximum absolute atomic E-state index is 12.6. The van der Waals surface area contributed by atoms with Crippen LogP contribution in [0.15, 0.2) is 45.5 Å². The number of nitrogens with zero attached hydrogens (tertiary/aromatic N) is 3. The van der Waals surface area contributed by atoms with E-state index in [0.29, 0.717) is 18.3 Å². The third-order valence-electron chi connectivity index (χ3n) is 4.78. The van der Waals surface area contributed by atoms with Crippen molar-refractivity contribution in [3.05, 3.63) is 52.5 Å². The fraction of sp³-hybridized carbons (Fsp3) is 0.350. The molecule has 7 heteroatoms. The Kier molecular flexibility index (Phi) is 5.20. The normalized spacial score (nSPS) is 17.1. The molecule has 6 nitrogen and oxygen atoms in total. The van der Waals surface area contributed by atoms with Crippen molar-refractivity contribution in [3.8, 4) is 17.2 Å². The minimum atomic E-state index is -0.0134. The fourth-order valence-electron chi connectivity index (χ4n) is 3.26. The summed E-state index contributed by atoms with van der Waals surface area (Å²) in [6.45, 7) is 3.33. The van der Waals surface area contributed by atoms with Crippen molar-refractivity contribution in [2.45, 2.75) is 25.7 Å². The molecule has 0 bridgehead atoms. The third kappa shape index (κ3) is 4.03. The zero-order valence-electron chi connectivity index (χ0n) is 15.1. The SMILES string of the molecule is Cc1ccccc1OCC(=O)N1CCCC(c2nnc(-c3ccsc3)o2)C1. The number of para-hydroxylation sites is 1. The molecule has 1 aromatic carbocycles. The summed E-state index contributed by atoms with van der Waals surface area (Å²) < 4.78 is 11.6. The van der Waals surface area contributed by atoms with Crippen LogP contribution in [0.5, 0.6) is 5.75 Å². The second kappa shape index (κ2) is 7.92. The molecule has 0 saturated carbocycles. The number of benzene rings is 1. The summed E-state index contributed by atoms with van der Waals surface area (Å²) in [5.74, 6) is 1.95. The maximum atomic E-state index is 12.6. The molecule has 0 aliphatic carbocycles. The van der Waals surface area contributed by atoms with Crippen molar-refractivity contribution < 1.29 is 13.9 Å². The van der Waals surface area contributed by atoms with Crippen molar-refractivity contribution in [1.29, 1.82) is 0 Å². The molecule has 1 aliphatic rings. The zero-order valence-corrected chi connectivity index (χ0v) is 15.9. The van der Waals surface area contributed by atoms with Gasteiger partial charge in [0.05, 0.1) is 5.92 Å². The number of aromatic nitrogens is 2. The molecule has 27 heavy (non-hydrogen) atoms. The summed E-state index contributed by atoms with van der Waals surface area (Å²) in [6.07, 6.45) is 1.85. The molecule has 1 atom stereocenters. The number of likely N-dealkylation sites (tertiary alicyclic amines) is 1. The Hall–Kier alpha value is -2.67. The van der Waals surface area contributed by atoms with E-state index in [0.717, 1.165) is 36.3 Å². The summed E-state index contributed by atoms with van der Waals surface area (Å²) in [6, 6.07) is 9.67. The summed E-state index contributed by atoms with van der Waals surface area (Å²) in [4.78, 5) is 14.4. The lowest BCUT2D eigenvalue weighted by Gasteiger charge is -2.31. The minimum absolute atomic E-state index is 0.0134. The van der Waals surface area contributed by atoms with Crippen LogP contribution in [0.25, 0.3) is 11.5 Å². The minimum Gasteiger partial charge on any atom is -0.484 e. The van der Waals surface area contributed by atoms with Crippen LogP contribution in [-0.4, -0.2) is 40.7 Å². The summed E-state index contributed by atoms with van der Waals surface area (Å²) in [5, 5.41) is 12.3. The second-order valence-electron chi connectivity index (χ2n) is 6.69. The highest BCUT2D eigenvalue weighted by atomic mass is 32.1. The molecular weight excluding hydrogens is 362 g/mol. The molecule has 1 unspecified atom stereocenters. The molecule has 0 radical (unpaired) electrons. The number of ether oxygens (including phenoxy) is 1. The molecule has 1 fully saturated rings. The van der Waals surface area contributed by atoms with Gasteiger partial charge in [-0.25, -0.2) is 0 Å². The van der Waals surface area contributed by atoms with E-state index < -0.39 is 0 Å². The van der Waals surface area contributed by atoms with E-state index in [2.05, 4.69) is 10.2 Å². The van der Waals surface area contributed by atoms with Gasteiger partial charge < -0.3 is 14.1 Å². The number of amides is 1. The molecule has 1 saturated heterocycles. The van der Waals surface area contributed by atoms with E-state index in [1.807, 2.05) is 52.9 Å². The highest BCUT2D eigenvalue weighted by molar-refractivity contribution is 7.08. The van der Waals surface area contributed by atoms with Gasteiger partial charge in [-0.05, 0) is 42.8 Å². The van der Waals surface area contributed by atoms with Crippen molar-refractivity contribution in [3.63, 3.8) is 0 Å². The van der Waals surface area contributed by atoms with Crippen LogP contribution in [0.2, 0.25) is 0 Å². The van der Waals surface area contributed by atoms with Crippen LogP contribution in [0.1, 0.15) is 30.2 Å². The van der Waals surface area contributed by atoms with Gasteiger partial charge in [-0.1, -0.05) is 18.2 Å². The largest absolute Gasteiger partial charge is 0.484 e. The first-order valence-electron chi connectivity index (χ1n) is 9.03. The lowest BCUT2D eigenvalue weighted by atomic mass is 9.98. The molecule has 1 aliphatic heterocycles. The Morgan fingerprint density at radius 2 is 2.22 bits per heavy atom. The molecule has 1 amide bonds. The Labute approximate surface area is 161 Å². The average Bonchev–Trinajstić information content (AvgIpc) is 3.39. The van der Waals surface area contributed by atoms with Crippen LogP contribution < -0.4 is 4.74 Å². The van der Waals surface area contributed by atoms with Crippen LogP contribution in [-0.2, 0) is 4.79 Å². The second-order valence-corrected chi connectivity index (χ2v) is 7.47. The Balaban J connectivity index is 1.38. The van der Waals surface area contributed by atoms with Gasteiger partial charge in [-0.3, -0.25) is 4.79 Å². The summed E-state index contributed by atoms with van der Waals surface area (Å²) in [7, 11) is 0. The number of thiophene rings is 1. The smallest absolute Gasteiger partial charge is 0.260 e. The molecule has 3 aromatic rings. The highest BCUT2D eigenvalue weighted by Crippen LogP contribution is 2.29. The van der Waals surface area contributed by atoms with Gasteiger partial charge in [-0.2, -0.15) is 11.3 Å². The predicted molar refractivity (Wildman–Crippen MR) is 103 cm³/mol. The Morgan fingerprint density at radius 1 is 1.33 bits per heavy atom. The van der Waals surface area contributed by atoms with E-state index in [4.69, 9.17) is 9.15 Å². The van der Waals surface area contributed by atoms with Gasteiger partial charge in [-0.15, -0.1) is 10.2 Å². The summed E-state index contributed by atoms with van der Waals surface area (Å²) in [5.41, 5.74) is 1.96. The number of carbonyl (C=O) groups excluding carboxylic acids is 1. The molecule has 4 rings (SSSR count). The topological polar surface area (TPSA) is 68.5 Å². The average molecular weight is 383 g/mol. The van der Waals surface area contributed by atoms with Crippen LogP contribution in [0.4, 0.5) is 0 Å². The fourth-order valence-corrected chi connectivity index (χ4v) is 3.89. The lowest BCUT2D eigenvalue weighted by molar-refractivity contribution is -0.134. The van der Waals surface area contributed by atoms with Crippen LogP contribution in [0, 0.1) is 6.92 Å². The maximum Gasteiger partial charge on any atom is 0.260 e. The molecule has 3 heterocycles. The standard InChI is InChI=1S/C20H21N3O3S/c1-14-5-2-3-7-17(14)25-12-18(24)23-9-4-6-15(11-23)19-21-22-20(26-19)16-8-10-27-13-16/h2-3,5,7-8,10,13,15H,4,6,9,11-12H2,1H3. The van der Waals surface area contributed by atoms with Crippen molar-refractivity contribution in [1.82, 2.24) is 15.1 Å². The highest BCUT2D eigenvalue weighted by Gasteiger charge is 2.28. The van der Waals surface area contributed by atoms with Crippen molar-refractivity contribution >= 4 is 17.2 Å². The molecule has 2 aromatic heterocycles. The molecule has 140 valence electrons. The number of carbonyl (C=O) groups is 1. The Morgan fingerprint density at radius 3 is 3.04 bits per heavy atom. The molecule has 0 N–H and O–H groups in total. The van der Waals surface area contributed by atoms with E-state index in [-0.39, 0.29) is 18.4 Å². The van der Waals surface area contributed by atoms with E-state index in [1.54, 1.807) is 11.3 Å². The van der Waals surface area contributed by atoms with Gasteiger partial charge in [0.15, 0.2) is 6.61 Å². The first kappa shape index (κ1) is 17.7. The van der Waals surface area contributed by atoms with Gasteiger partial charge in [0, 0.05) is 24.0 Å². The quantitative estimate of drug-likeness (QED) is 0.669. The van der Waals surface area contributed by atoms with E-state index in [1.165, 1.54) is 0 Å². The zero-order chi connectivity index (χ0) is 18.6. The van der Waals surface area contributed by atoms with E-state index in [9.17, 15) is 4.79 Å². The number of aryl methyl sites for hydroxylation is 1. The van der Waals surface area contributed by atoms with Crippen molar-refractivity contribution in [2.24, 2.45) is 0 Å².